The van der Waals surface area contributed by atoms with Crippen molar-refractivity contribution in [3.63, 3.8) is 0 Å². The van der Waals surface area contributed by atoms with Gasteiger partial charge >= 0.3 is 5.69 Å². The second-order valence-corrected chi connectivity index (χ2v) is 9.17. The van der Waals surface area contributed by atoms with Crippen molar-refractivity contribution < 1.29 is 0 Å². The fourth-order valence-corrected chi connectivity index (χ4v) is 4.21. The van der Waals surface area contributed by atoms with Gasteiger partial charge in [-0.3, -0.25) is 18.5 Å². The molecule has 0 aliphatic rings. The fourth-order valence-electron chi connectivity index (χ4n) is 3.40. The zero-order chi connectivity index (χ0) is 23.5. The second kappa shape index (κ2) is 9.72. The Morgan fingerprint density at radius 1 is 1.09 bits per heavy atom. The molecule has 2 aromatic carbocycles. The van der Waals surface area contributed by atoms with E-state index in [0.717, 1.165) is 24.6 Å². The highest BCUT2D eigenvalue weighted by Gasteiger charge is 2.19. The SMILES string of the molecule is Cn1c(=O)c2c(nc(N/N=C\C(Br)=C\c3ccccc3)n2Cc2cccc(Br)c2)n(C)c1=O. The van der Waals surface area contributed by atoms with Crippen molar-refractivity contribution >= 4 is 61.3 Å². The number of hydrogen-bond donors (Lipinski definition) is 1. The third-order valence-corrected chi connectivity index (χ3v) is 5.96. The van der Waals surface area contributed by atoms with Gasteiger partial charge in [0.2, 0.25) is 5.95 Å². The summed E-state index contributed by atoms with van der Waals surface area (Å²) < 4.78 is 5.83. The number of aromatic nitrogens is 4. The van der Waals surface area contributed by atoms with Gasteiger partial charge in [0, 0.05) is 23.1 Å². The van der Waals surface area contributed by atoms with Crippen molar-refractivity contribution in [1.82, 2.24) is 18.7 Å². The molecule has 0 fully saturated rings. The molecule has 0 atom stereocenters. The molecule has 0 saturated carbocycles. The standard InChI is InChI=1S/C23H20Br2N6O2/c1-29-20-19(21(32)30(2)23(29)33)31(14-16-9-6-10-17(24)12-16)22(27-20)28-26-13-18(25)11-15-7-4-3-5-8-15/h3-13H,14H2,1-2H3,(H,27,28)/b18-11-,26-13-. The molecule has 2 aromatic heterocycles. The Labute approximate surface area is 206 Å². The average molecular weight is 572 g/mol. The Balaban J connectivity index is 1.76. The predicted molar refractivity (Wildman–Crippen MR) is 139 cm³/mol. The summed E-state index contributed by atoms with van der Waals surface area (Å²) in [5.74, 6) is 0.347. The normalized spacial score (nSPS) is 12.1. The first kappa shape index (κ1) is 22.9. The summed E-state index contributed by atoms with van der Waals surface area (Å²) in [6.45, 7) is 0.363. The van der Waals surface area contributed by atoms with E-state index in [9.17, 15) is 9.59 Å². The number of nitrogens with zero attached hydrogens (tertiary/aromatic N) is 5. The minimum atomic E-state index is -0.441. The molecule has 33 heavy (non-hydrogen) atoms. The number of halogens is 2. The maximum atomic E-state index is 13.0. The molecule has 0 aliphatic heterocycles. The van der Waals surface area contributed by atoms with Crippen LogP contribution in [0.25, 0.3) is 17.2 Å². The van der Waals surface area contributed by atoms with Crippen LogP contribution >= 0.6 is 31.9 Å². The average Bonchev–Trinajstić information content (AvgIpc) is 3.15. The maximum Gasteiger partial charge on any atom is 0.332 e. The Kier molecular flexibility index (Phi) is 6.75. The molecule has 8 nitrogen and oxygen atoms in total. The minimum Gasteiger partial charge on any atom is -0.298 e. The molecular formula is C23H20Br2N6O2. The molecule has 0 saturated heterocycles. The van der Waals surface area contributed by atoms with Crippen LogP contribution in [0, 0.1) is 0 Å². The van der Waals surface area contributed by atoms with E-state index in [0.29, 0.717) is 18.0 Å². The lowest BCUT2D eigenvalue weighted by molar-refractivity contribution is 0.702. The van der Waals surface area contributed by atoms with E-state index in [1.807, 2.05) is 60.7 Å². The number of imidazole rings is 1. The quantitative estimate of drug-likeness (QED) is 0.279. The molecule has 10 heteroatoms. The number of rotatable bonds is 6. The smallest absolute Gasteiger partial charge is 0.298 e. The highest BCUT2D eigenvalue weighted by atomic mass is 79.9. The van der Waals surface area contributed by atoms with E-state index in [-0.39, 0.29) is 5.65 Å². The van der Waals surface area contributed by atoms with Crippen LogP contribution in [0.1, 0.15) is 11.1 Å². The Hall–Kier alpha value is -3.24. The highest BCUT2D eigenvalue weighted by Crippen LogP contribution is 2.20. The predicted octanol–water partition coefficient (Wildman–Crippen LogP) is 4.08. The lowest BCUT2D eigenvalue weighted by atomic mass is 10.2. The van der Waals surface area contributed by atoms with Crippen LogP contribution in [0.4, 0.5) is 5.95 Å². The number of anilines is 1. The van der Waals surface area contributed by atoms with Gasteiger partial charge < -0.3 is 0 Å². The van der Waals surface area contributed by atoms with Crippen molar-refractivity contribution in [2.75, 3.05) is 5.43 Å². The van der Waals surface area contributed by atoms with E-state index < -0.39 is 11.2 Å². The van der Waals surface area contributed by atoms with Crippen LogP contribution in [0.5, 0.6) is 0 Å². The van der Waals surface area contributed by atoms with Gasteiger partial charge in [0.1, 0.15) is 0 Å². The van der Waals surface area contributed by atoms with Crippen LogP contribution < -0.4 is 16.7 Å². The number of hydrogen-bond acceptors (Lipinski definition) is 5. The van der Waals surface area contributed by atoms with Crippen LogP contribution in [-0.4, -0.2) is 24.9 Å². The highest BCUT2D eigenvalue weighted by molar-refractivity contribution is 9.12. The summed E-state index contributed by atoms with van der Waals surface area (Å²) >= 11 is 6.97. The molecule has 2 heterocycles. The summed E-state index contributed by atoms with van der Waals surface area (Å²) in [5, 5.41) is 4.28. The van der Waals surface area contributed by atoms with Crippen LogP contribution in [-0.2, 0) is 20.6 Å². The summed E-state index contributed by atoms with van der Waals surface area (Å²) in [7, 11) is 3.05. The third kappa shape index (κ3) is 4.91. The van der Waals surface area contributed by atoms with E-state index in [2.05, 4.69) is 47.4 Å². The third-order valence-electron chi connectivity index (χ3n) is 5.03. The number of aryl methyl sites for hydroxylation is 1. The van der Waals surface area contributed by atoms with E-state index >= 15 is 0 Å². The van der Waals surface area contributed by atoms with Gasteiger partial charge in [-0.1, -0.05) is 58.4 Å². The monoisotopic (exact) mass is 570 g/mol. The van der Waals surface area contributed by atoms with Crippen LogP contribution in [0.15, 0.2) is 78.2 Å². The first-order chi connectivity index (χ1) is 15.8. The lowest BCUT2D eigenvalue weighted by Crippen LogP contribution is -2.37. The number of nitrogens with one attached hydrogen (secondary N) is 1. The topological polar surface area (TPSA) is 86.2 Å². The van der Waals surface area contributed by atoms with E-state index in [1.54, 1.807) is 17.8 Å². The molecule has 1 N–H and O–H groups in total. The summed E-state index contributed by atoms with van der Waals surface area (Å²) in [6, 6.07) is 17.6. The summed E-state index contributed by atoms with van der Waals surface area (Å²) in [4.78, 5) is 29.9. The number of hydrazone groups is 1. The second-order valence-electron chi connectivity index (χ2n) is 7.34. The molecule has 0 amide bonds. The van der Waals surface area contributed by atoms with Crippen molar-refractivity contribution in [2.24, 2.45) is 19.2 Å². The number of fused-ring (bicyclic) bond motifs is 1. The van der Waals surface area contributed by atoms with Gasteiger partial charge in [-0.15, -0.1) is 0 Å². The molecule has 0 aliphatic carbocycles. The van der Waals surface area contributed by atoms with Gasteiger partial charge in [-0.2, -0.15) is 10.1 Å². The molecular weight excluding hydrogens is 552 g/mol. The molecule has 168 valence electrons. The molecule has 4 aromatic rings. The Morgan fingerprint density at radius 2 is 1.85 bits per heavy atom. The molecule has 0 spiro atoms. The van der Waals surface area contributed by atoms with E-state index in [4.69, 9.17) is 0 Å². The lowest BCUT2D eigenvalue weighted by Gasteiger charge is -2.09. The molecule has 0 unspecified atom stereocenters. The molecule has 4 rings (SSSR count). The van der Waals surface area contributed by atoms with Gasteiger partial charge in [0.25, 0.3) is 5.56 Å². The summed E-state index contributed by atoms with van der Waals surface area (Å²) in [6.07, 6.45) is 3.53. The van der Waals surface area contributed by atoms with E-state index in [1.165, 1.54) is 11.6 Å². The molecule has 0 bridgehead atoms. The minimum absolute atomic E-state index is 0.287. The van der Waals surface area contributed by atoms with Crippen molar-refractivity contribution in [3.05, 3.63) is 95.5 Å². The van der Waals surface area contributed by atoms with Crippen LogP contribution in [0.3, 0.4) is 0 Å². The number of benzene rings is 2. The van der Waals surface area contributed by atoms with Gasteiger partial charge in [-0.25, -0.2) is 10.2 Å². The van der Waals surface area contributed by atoms with Crippen molar-refractivity contribution in [3.8, 4) is 0 Å². The van der Waals surface area contributed by atoms with Crippen molar-refractivity contribution in [2.45, 2.75) is 6.54 Å². The first-order valence-electron chi connectivity index (χ1n) is 9.97. The maximum absolute atomic E-state index is 13.0. The van der Waals surface area contributed by atoms with Crippen molar-refractivity contribution in [1.29, 1.82) is 0 Å². The Bertz CT molecular complexity index is 1500. The Morgan fingerprint density at radius 3 is 2.58 bits per heavy atom. The summed E-state index contributed by atoms with van der Waals surface area (Å²) in [5.41, 5.74) is 4.64. The van der Waals surface area contributed by atoms with Gasteiger partial charge in [0.05, 0.1) is 12.8 Å². The zero-order valence-corrected chi connectivity index (χ0v) is 21.0. The zero-order valence-electron chi connectivity index (χ0n) is 17.9. The first-order valence-corrected chi connectivity index (χ1v) is 11.6. The fraction of sp³-hybridized carbons (Fsp3) is 0.130. The van der Waals surface area contributed by atoms with Crippen LogP contribution in [0.2, 0.25) is 0 Å². The number of allylic oxidation sites excluding steroid dienone is 1. The largest absolute Gasteiger partial charge is 0.332 e. The molecule has 0 radical (unpaired) electrons. The van der Waals surface area contributed by atoms with Gasteiger partial charge in [0.15, 0.2) is 11.2 Å². The van der Waals surface area contributed by atoms with Gasteiger partial charge in [-0.05, 0) is 45.3 Å².